The van der Waals surface area contributed by atoms with Crippen LogP contribution in [0.1, 0.15) is 20.3 Å². The van der Waals surface area contributed by atoms with Gasteiger partial charge in [-0.3, -0.25) is 9.69 Å². The molecule has 2 aliphatic rings. The lowest BCUT2D eigenvalue weighted by Crippen LogP contribution is -2.61. The van der Waals surface area contributed by atoms with Gasteiger partial charge in [0, 0.05) is 18.5 Å². The van der Waals surface area contributed by atoms with Crippen molar-refractivity contribution in [3.8, 4) is 0 Å². The van der Waals surface area contributed by atoms with Gasteiger partial charge in [-0.25, -0.2) is 0 Å². The zero-order chi connectivity index (χ0) is 11.1. The Hall–Kier alpha value is -0.610. The van der Waals surface area contributed by atoms with Gasteiger partial charge in [0.1, 0.15) is 6.04 Å². The molecule has 0 radical (unpaired) electrons. The standard InChI is InChI=1S/C11H19NO3/c1-8(2)11(6-15-7-11)5-12-4-3-9(12)10(13)14/h8-9H,3-7H2,1-2H3,(H,13,14). The number of ether oxygens (including phenoxy) is 1. The van der Waals surface area contributed by atoms with Crippen LogP contribution in [0.15, 0.2) is 0 Å². The van der Waals surface area contributed by atoms with Crippen LogP contribution in [0.2, 0.25) is 0 Å². The van der Waals surface area contributed by atoms with E-state index in [2.05, 4.69) is 18.7 Å². The Labute approximate surface area is 90.2 Å². The molecule has 2 heterocycles. The van der Waals surface area contributed by atoms with Crippen LogP contribution in [0.4, 0.5) is 0 Å². The van der Waals surface area contributed by atoms with Crippen LogP contribution in [0.25, 0.3) is 0 Å². The van der Waals surface area contributed by atoms with Crippen molar-refractivity contribution in [3.63, 3.8) is 0 Å². The van der Waals surface area contributed by atoms with Crippen LogP contribution in [-0.4, -0.2) is 48.3 Å². The van der Waals surface area contributed by atoms with Gasteiger partial charge in [-0.15, -0.1) is 0 Å². The Morgan fingerprint density at radius 1 is 1.60 bits per heavy atom. The largest absolute Gasteiger partial charge is 0.480 e. The van der Waals surface area contributed by atoms with Crippen molar-refractivity contribution >= 4 is 5.97 Å². The Bertz CT molecular complexity index is 261. The average Bonchev–Trinajstić information content (AvgIpc) is 1.97. The summed E-state index contributed by atoms with van der Waals surface area (Å²) < 4.78 is 5.29. The van der Waals surface area contributed by atoms with Crippen molar-refractivity contribution in [1.82, 2.24) is 4.90 Å². The second kappa shape index (κ2) is 3.76. The Kier molecular flexibility index (Phi) is 2.73. The molecule has 0 spiro atoms. The van der Waals surface area contributed by atoms with Crippen molar-refractivity contribution in [2.24, 2.45) is 11.3 Å². The van der Waals surface area contributed by atoms with Crippen molar-refractivity contribution < 1.29 is 14.6 Å². The van der Waals surface area contributed by atoms with E-state index in [1.807, 2.05) is 0 Å². The predicted octanol–water partition coefficient (Wildman–Crippen LogP) is 0.818. The van der Waals surface area contributed by atoms with Gasteiger partial charge in [-0.05, 0) is 12.3 Å². The molecular formula is C11H19NO3. The number of hydrogen-bond donors (Lipinski definition) is 1. The quantitative estimate of drug-likeness (QED) is 0.751. The van der Waals surface area contributed by atoms with E-state index in [-0.39, 0.29) is 11.5 Å². The lowest BCUT2D eigenvalue weighted by Gasteiger charge is -2.51. The van der Waals surface area contributed by atoms with Crippen LogP contribution in [0.5, 0.6) is 0 Å². The third-order valence-corrected chi connectivity index (χ3v) is 3.94. The van der Waals surface area contributed by atoms with Gasteiger partial charge in [0.15, 0.2) is 0 Å². The first kappa shape index (κ1) is 10.9. The second-order valence-electron chi connectivity index (χ2n) is 5.12. The van der Waals surface area contributed by atoms with Crippen molar-refractivity contribution in [2.75, 3.05) is 26.3 Å². The highest BCUT2D eigenvalue weighted by atomic mass is 16.5. The molecule has 1 unspecified atom stereocenters. The van der Waals surface area contributed by atoms with Gasteiger partial charge in [-0.2, -0.15) is 0 Å². The summed E-state index contributed by atoms with van der Waals surface area (Å²) in [6, 6.07) is -0.249. The maximum absolute atomic E-state index is 10.9. The zero-order valence-electron chi connectivity index (χ0n) is 9.40. The third kappa shape index (κ3) is 1.76. The number of carbonyl (C=O) groups is 1. The van der Waals surface area contributed by atoms with Gasteiger partial charge in [0.2, 0.25) is 0 Å². The fourth-order valence-corrected chi connectivity index (χ4v) is 2.29. The van der Waals surface area contributed by atoms with Crippen molar-refractivity contribution in [3.05, 3.63) is 0 Å². The zero-order valence-corrected chi connectivity index (χ0v) is 9.40. The van der Waals surface area contributed by atoms with Gasteiger partial charge in [-0.1, -0.05) is 13.8 Å². The second-order valence-corrected chi connectivity index (χ2v) is 5.12. The molecule has 2 saturated heterocycles. The summed E-state index contributed by atoms with van der Waals surface area (Å²) in [5.74, 6) is -0.123. The van der Waals surface area contributed by atoms with E-state index in [0.29, 0.717) is 5.92 Å². The molecule has 0 aliphatic carbocycles. The smallest absolute Gasteiger partial charge is 0.320 e. The minimum atomic E-state index is -0.680. The van der Waals surface area contributed by atoms with Gasteiger partial charge in [0.05, 0.1) is 13.2 Å². The van der Waals surface area contributed by atoms with Crippen LogP contribution in [-0.2, 0) is 9.53 Å². The van der Waals surface area contributed by atoms with Gasteiger partial charge in [0.25, 0.3) is 0 Å². The normalized spacial score (nSPS) is 29.7. The van der Waals surface area contributed by atoms with E-state index in [9.17, 15) is 4.79 Å². The number of carboxylic acids is 1. The van der Waals surface area contributed by atoms with Crippen molar-refractivity contribution in [2.45, 2.75) is 26.3 Å². The van der Waals surface area contributed by atoms with Crippen molar-refractivity contribution in [1.29, 1.82) is 0 Å². The average molecular weight is 213 g/mol. The Morgan fingerprint density at radius 2 is 2.27 bits per heavy atom. The maximum atomic E-state index is 10.9. The molecule has 2 rings (SSSR count). The molecule has 0 saturated carbocycles. The first-order valence-electron chi connectivity index (χ1n) is 5.60. The predicted molar refractivity (Wildman–Crippen MR) is 55.7 cm³/mol. The van der Waals surface area contributed by atoms with E-state index in [0.717, 1.165) is 32.7 Å². The number of hydrogen-bond acceptors (Lipinski definition) is 3. The minimum Gasteiger partial charge on any atom is -0.480 e. The highest BCUT2D eigenvalue weighted by Gasteiger charge is 2.46. The SMILES string of the molecule is CC(C)C1(CN2CCC2C(=O)O)COC1. The fourth-order valence-electron chi connectivity index (χ4n) is 2.29. The summed E-state index contributed by atoms with van der Waals surface area (Å²) in [5.41, 5.74) is 0.203. The molecule has 4 nitrogen and oxygen atoms in total. The first-order valence-corrected chi connectivity index (χ1v) is 5.60. The van der Waals surface area contributed by atoms with E-state index in [1.54, 1.807) is 0 Å². The van der Waals surface area contributed by atoms with E-state index in [4.69, 9.17) is 9.84 Å². The number of carboxylic acid groups (broad SMARTS) is 1. The lowest BCUT2D eigenvalue weighted by atomic mass is 9.74. The molecule has 0 aromatic heterocycles. The number of rotatable bonds is 4. The van der Waals surface area contributed by atoms with Crippen LogP contribution >= 0.6 is 0 Å². The van der Waals surface area contributed by atoms with E-state index >= 15 is 0 Å². The topological polar surface area (TPSA) is 49.8 Å². The molecule has 2 fully saturated rings. The fraction of sp³-hybridized carbons (Fsp3) is 0.909. The van der Waals surface area contributed by atoms with E-state index < -0.39 is 5.97 Å². The molecular weight excluding hydrogens is 194 g/mol. The molecule has 0 bridgehead atoms. The number of aliphatic carboxylic acids is 1. The monoisotopic (exact) mass is 213 g/mol. The summed E-state index contributed by atoms with van der Waals surface area (Å²) >= 11 is 0. The number of nitrogens with zero attached hydrogens (tertiary/aromatic N) is 1. The maximum Gasteiger partial charge on any atom is 0.320 e. The molecule has 86 valence electrons. The molecule has 4 heteroatoms. The Morgan fingerprint density at radius 3 is 2.53 bits per heavy atom. The van der Waals surface area contributed by atoms with Gasteiger partial charge >= 0.3 is 5.97 Å². The molecule has 0 aromatic rings. The highest BCUT2D eigenvalue weighted by molar-refractivity contribution is 5.74. The summed E-state index contributed by atoms with van der Waals surface area (Å²) in [6.45, 7) is 7.75. The van der Waals surface area contributed by atoms with Crippen LogP contribution in [0, 0.1) is 11.3 Å². The summed E-state index contributed by atoms with van der Waals surface area (Å²) in [6.07, 6.45) is 0.796. The summed E-state index contributed by atoms with van der Waals surface area (Å²) in [4.78, 5) is 13.0. The lowest BCUT2D eigenvalue weighted by molar-refractivity contribution is -0.172. The third-order valence-electron chi connectivity index (χ3n) is 3.94. The summed E-state index contributed by atoms with van der Waals surface area (Å²) in [7, 11) is 0. The highest BCUT2D eigenvalue weighted by Crippen LogP contribution is 2.38. The first-order chi connectivity index (χ1) is 7.05. The molecule has 15 heavy (non-hydrogen) atoms. The molecule has 0 amide bonds. The molecule has 1 N–H and O–H groups in total. The molecule has 1 atom stereocenters. The summed E-state index contributed by atoms with van der Waals surface area (Å²) in [5, 5.41) is 8.96. The van der Waals surface area contributed by atoms with Crippen LogP contribution in [0.3, 0.4) is 0 Å². The van der Waals surface area contributed by atoms with Crippen LogP contribution < -0.4 is 0 Å². The molecule has 2 aliphatic heterocycles. The van der Waals surface area contributed by atoms with E-state index in [1.165, 1.54) is 0 Å². The number of likely N-dealkylation sites (tertiary alicyclic amines) is 1. The minimum absolute atomic E-state index is 0.203. The molecule has 0 aromatic carbocycles. The van der Waals surface area contributed by atoms with Gasteiger partial charge < -0.3 is 9.84 Å². The Balaban J connectivity index is 1.93.